The second-order valence-electron chi connectivity index (χ2n) is 5.33. The van der Waals surface area contributed by atoms with Gasteiger partial charge in [0.05, 0.1) is 20.8 Å². The fraction of sp³-hybridized carbons (Fsp3) is 0.263. The molecule has 0 radical (unpaired) electrons. The number of nitrogens with one attached hydrogen (secondary N) is 2. The van der Waals surface area contributed by atoms with Gasteiger partial charge < -0.3 is 20.1 Å². The van der Waals surface area contributed by atoms with Crippen molar-refractivity contribution in [3.63, 3.8) is 0 Å². The lowest BCUT2D eigenvalue weighted by molar-refractivity contribution is -0.120. The van der Waals surface area contributed by atoms with Crippen LogP contribution in [0.5, 0.6) is 11.5 Å². The number of para-hydroxylation sites is 1. The molecule has 2 aromatic rings. The summed E-state index contributed by atoms with van der Waals surface area (Å²) in [4.78, 5) is 23.9. The van der Waals surface area contributed by atoms with Gasteiger partial charge in [0.2, 0.25) is 5.91 Å². The Bertz CT molecular complexity index is 731. The van der Waals surface area contributed by atoms with Gasteiger partial charge in [0.1, 0.15) is 11.5 Å². The van der Waals surface area contributed by atoms with Crippen LogP contribution in [-0.2, 0) is 11.2 Å². The second-order valence-corrected chi connectivity index (χ2v) is 5.33. The zero-order valence-corrected chi connectivity index (χ0v) is 14.4. The minimum Gasteiger partial charge on any atom is -0.497 e. The molecular weight excluding hydrogens is 320 g/mol. The molecule has 6 nitrogen and oxygen atoms in total. The van der Waals surface area contributed by atoms with Crippen molar-refractivity contribution >= 4 is 11.8 Å². The molecule has 0 bridgehead atoms. The standard InChI is InChI=1S/C19H22N2O4/c1-24-16-8-5-7-15(12-16)19(23)21-13-18(22)20-11-10-14-6-3-4-9-17(14)25-2/h3-9,12H,10-11,13H2,1-2H3,(H,20,22)(H,21,23). The maximum Gasteiger partial charge on any atom is 0.251 e. The summed E-state index contributed by atoms with van der Waals surface area (Å²) in [6.45, 7) is 0.385. The van der Waals surface area contributed by atoms with Gasteiger partial charge in [0.25, 0.3) is 5.91 Å². The van der Waals surface area contributed by atoms with Crippen LogP contribution in [0.4, 0.5) is 0 Å². The minimum absolute atomic E-state index is 0.0814. The van der Waals surface area contributed by atoms with Crippen molar-refractivity contribution in [1.82, 2.24) is 10.6 Å². The summed E-state index contributed by atoms with van der Waals surface area (Å²) in [6.07, 6.45) is 0.652. The van der Waals surface area contributed by atoms with E-state index in [1.165, 1.54) is 7.11 Å². The molecule has 0 aromatic heterocycles. The Morgan fingerprint density at radius 1 is 0.960 bits per heavy atom. The molecule has 132 valence electrons. The van der Waals surface area contributed by atoms with Crippen molar-refractivity contribution in [3.8, 4) is 11.5 Å². The maximum atomic E-state index is 12.0. The molecule has 0 aliphatic carbocycles. The van der Waals surface area contributed by atoms with E-state index in [0.717, 1.165) is 11.3 Å². The van der Waals surface area contributed by atoms with Crippen molar-refractivity contribution in [1.29, 1.82) is 0 Å². The average Bonchev–Trinajstić information content (AvgIpc) is 2.66. The van der Waals surface area contributed by atoms with Gasteiger partial charge in [-0.3, -0.25) is 9.59 Å². The largest absolute Gasteiger partial charge is 0.497 e. The highest BCUT2D eigenvalue weighted by Crippen LogP contribution is 2.17. The van der Waals surface area contributed by atoms with Gasteiger partial charge in [-0.05, 0) is 36.2 Å². The average molecular weight is 342 g/mol. The fourth-order valence-electron chi connectivity index (χ4n) is 2.34. The van der Waals surface area contributed by atoms with Crippen LogP contribution in [0.1, 0.15) is 15.9 Å². The fourth-order valence-corrected chi connectivity index (χ4v) is 2.34. The van der Waals surface area contributed by atoms with Gasteiger partial charge in [-0.2, -0.15) is 0 Å². The molecule has 0 atom stereocenters. The van der Waals surface area contributed by atoms with Crippen LogP contribution in [0.2, 0.25) is 0 Å². The van der Waals surface area contributed by atoms with E-state index in [9.17, 15) is 9.59 Å². The molecule has 0 heterocycles. The SMILES string of the molecule is COc1cccc(C(=O)NCC(=O)NCCc2ccccc2OC)c1. The summed E-state index contributed by atoms with van der Waals surface area (Å²) in [5.41, 5.74) is 1.46. The van der Waals surface area contributed by atoms with Gasteiger partial charge in [0, 0.05) is 12.1 Å². The predicted molar refractivity (Wildman–Crippen MR) is 95.0 cm³/mol. The Labute approximate surface area is 147 Å². The van der Waals surface area contributed by atoms with E-state index in [-0.39, 0.29) is 18.4 Å². The normalized spacial score (nSPS) is 10.0. The van der Waals surface area contributed by atoms with Crippen molar-refractivity contribution in [3.05, 3.63) is 59.7 Å². The topological polar surface area (TPSA) is 76.7 Å². The summed E-state index contributed by atoms with van der Waals surface area (Å²) >= 11 is 0. The third kappa shape index (κ3) is 5.53. The van der Waals surface area contributed by atoms with Crippen LogP contribution in [-0.4, -0.2) is 39.1 Å². The summed E-state index contributed by atoms with van der Waals surface area (Å²) < 4.78 is 10.3. The summed E-state index contributed by atoms with van der Waals surface area (Å²) in [5.74, 6) is 0.821. The number of methoxy groups -OCH3 is 2. The molecule has 25 heavy (non-hydrogen) atoms. The number of carbonyl (C=O) groups excluding carboxylic acids is 2. The molecule has 0 unspecified atom stereocenters. The van der Waals surface area contributed by atoms with Crippen molar-refractivity contribution in [2.75, 3.05) is 27.3 Å². The third-order valence-electron chi connectivity index (χ3n) is 3.65. The molecule has 0 aliphatic rings. The van der Waals surface area contributed by atoms with E-state index in [0.29, 0.717) is 24.3 Å². The first-order chi connectivity index (χ1) is 12.1. The van der Waals surface area contributed by atoms with E-state index in [1.54, 1.807) is 31.4 Å². The number of ether oxygens (including phenoxy) is 2. The molecule has 0 aliphatic heterocycles. The quantitative estimate of drug-likeness (QED) is 0.767. The van der Waals surface area contributed by atoms with Gasteiger partial charge in [-0.15, -0.1) is 0 Å². The first kappa shape index (κ1) is 18.3. The molecule has 6 heteroatoms. The number of amides is 2. The molecule has 0 spiro atoms. The smallest absolute Gasteiger partial charge is 0.251 e. The summed E-state index contributed by atoms with van der Waals surface area (Å²) in [7, 11) is 3.15. The van der Waals surface area contributed by atoms with E-state index >= 15 is 0 Å². The molecule has 0 saturated carbocycles. The third-order valence-corrected chi connectivity index (χ3v) is 3.65. The first-order valence-electron chi connectivity index (χ1n) is 7.95. The Morgan fingerprint density at radius 3 is 2.52 bits per heavy atom. The Kier molecular flexibility index (Phi) is 6.83. The monoisotopic (exact) mass is 342 g/mol. The highest BCUT2D eigenvalue weighted by Gasteiger charge is 2.09. The summed E-state index contributed by atoms with van der Waals surface area (Å²) in [5, 5.41) is 5.37. The lowest BCUT2D eigenvalue weighted by Crippen LogP contribution is -2.37. The number of carbonyl (C=O) groups is 2. The highest BCUT2D eigenvalue weighted by molar-refractivity contribution is 5.96. The van der Waals surface area contributed by atoms with Gasteiger partial charge >= 0.3 is 0 Å². The van der Waals surface area contributed by atoms with Gasteiger partial charge in [-0.1, -0.05) is 24.3 Å². The maximum absolute atomic E-state index is 12.0. The molecule has 2 aromatic carbocycles. The molecule has 2 N–H and O–H groups in total. The number of hydrogen-bond acceptors (Lipinski definition) is 4. The van der Waals surface area contributed by atoms with Crippen LogP contribution in [0, 0.1) is 0 Å². The van der Waals surface area contributed by atoms with Crippen LogP contribution in [0.15, 0.2) is 48.5 Å². The van der Waals surface area contributed by atoms with E-state index in [2.05, 4.69) is 10.6 Å². The van der Waals surface area contributed by atoms with Gasteiger partial charge in [-0.25, -0.2) is 0 Å². The zero-order chi connectivity index (χ0) is 18.1. The van der Waals surface area contributed by atoms with Crippen molar-refractivity contribution in [2.24, 2.45) is 0 Å². The zero-order valence-electron chi connectivity index (χ0n) is 14.4. The van der Waals surface area contributed by atoms with Crippen LogP contribution in [0.3, 0.4) is 0 Å². The van der Waals surface area contributed by atoms with Crippen LogP contribution < -0.4 is 20.1 Å². The first-order valence-corrected chi connectivity index (χ1v) is 7.95. The van der Waals surface area contributed by atoms with Crippen molar-refractivity contribution < 1.29 is 19.1 Å². The van der Waals surface area contributed by atoms with Crippen LogP contribution in [0.25, 0.3) is 0 Å². The van der Waals surface area contributed by atoms with Crippen LogP contribution >= 0.6 is 0 Å². The van der Waals surface area contributed by atoms with E-state index in [1.807, 2.05) is 24.3 Å². The molecule has 0 saturated heterocycles. The highest BCUT2D eigenvalue weighted by atomic mass is 16.5. The molecule has 0 fully saturated rings. The Balaban J connectivity index is 1.76. The van der Waals surface area contributed by atoms with E-state index in [4.69, 9.17) is 9.47 Å². The van der Waals surface area contributed by atoms with Crippen molar-refractivity contribution in [2.45, 2.75) is 6.42 Å². The van der Waals surface area contributed by atoms with Gasteiger partial charge in [0.15, 0.2) is 0 Å². The summed E-state index contributed by atoms with van der Waals surface area (Å²) in [6, 6.07) is 14.4. The predicted octanol–water partition coefficient (Wildman–Crippen LogP) is 1.79. The Morgan fingerprint density at radius 2 is 1.76 bits per heavy atom. The lowest BCUT2D eigenvalue weighted by Gasteiger charge is -2.10. The molecular formula is C19H22N2O4. The number of hydrogen-bond donors (Lipinski definition) is 2. The lowest BCUT2D eigenvalue weighted by atomic mass is 10.1. The minimum atomic E-state index is -0.321. The molecule has 2 amide bonds. The second kappa shape index (κ2) is 9.32. The molecule has 2 rings (SSSR count). The number of benzene rings is 2. The number of rotatable bonds is 8. The van der Waals surface area contributed by atoms with E-state index < -0.39 is 0 Å². The Hall–Kier alpha value is -3.02.